The van der Waals surface area contributed by atoms with Crippen LogP contribution in [0.1, 0.15) is 17.0 Å². The Labute approximate surface area is 170 Å². The highest BCUT2D eigenvalue weighted by Crippen LogP contribution is 2.35. The highest BCUT2D eigenvalue weighted by Gasteiger charge is 2.36. The third-order valence-electron chi connectivity index (χ3n) is 4.06. The van der Waals surface area contributed by atoms with E-state index in [-0.39, 0.29) is 11.7 Å². The highest BCUT2D eigenvalue weighted by atomic mass is 19.4. The van der Waals surface area contributed by atoms with Gasteiger partial charge in [-0.25, -0.2) is 4.39 Å². The molecule has 0 aliphatic rings. The molecule has 0 saturated carbocycles. The lowest BCUT2D eigenvalue weighted by Gasteiger charge is -2.25. The fourth-order valence-electron chi connectivity index (χ4n) is 2.71. The zero-order valence-corrected chi connectivity index (χ0v) is 15.3. The van der Waals surface area contributed by atoms with Gasteiger partial charge in [0.1, 0.15) is 12.4 Å². The average molecular weight is 444 g/mol. The fourth-order valence-corrected chi connectivity index (χ4v) is 2.71. The summed E-state index contributed by atoms with van der Waals surface area (Å²) in [6.07, 6.45) is -9.69. The molecule has 0 amide bonds. The molecule has 1 aromatic heterocycles. The summed E-state index contributed by atoms with van der Waals surface area (Å²) in [6, 6.07) is 8.46. The molecule has 0 spiro atoms. The van der Waals surface area contributed by atoms with Crippen LogP contribution >= 0.6 is 0 Å². The maximum atomic E-state index is 13.2. The SMILES string of the molecule is N#Cc1ccc(N(Cc2noc(-c3ccc(F)cc3)n2)CC(F)(F)F)cc1C(F)(F)F. The van der Waals surface area contributed by atoms with E-state index in [4.69, 9.17) is 9.78 Å². The van der Waals surface area contributed by atoms with Gasteiger partial charge in [-0.3, -0.25) is 0 Å². The average Bonchev–Trinajstić information content (AvgIpc) is 3.14. The summed E-state index contributed by atoms with van der Waals surface area (Å²) in [6.45, 7) is -2.23. The van der Waals surface area contributed by atoms with E-state index in [0.29, 0.717) is 16.5 Å². The molecule has 162 valence electrons. The van der Waals surface area contributed by atoms with Gasteiger partial charge in [-0.1, -0.05) is 5.16 Å². The molecule has 0 saturated heterocycles. The van der Waals surface area contributed by atoms with Crippen LogP contribution in [0.5, 0.6) is 0 Å². The van der Waals surface area contributed by atoms with Gasteiger partial charge in [0.25, 0.3) is 5.89 Å². The van der Waals surface area contributed by atoms with Crippen LogP contribution in [0.4, 0.5) is 36.4 Å². The largest absolute Gasteiger partial charge is 0.417 e. The van der Waals surface area contributed by atoms with Gasteiger partial charge < -0.3 is 9.42 Å². The number of hydrogen-bond donors (Lipinski definition) is 0. The zero-order valence-electron chi connectivity index (χ0n) is 15.3. The van der Waals surface area contributed by atoms with Gasteiger partial charge in [0.15, 0.2) is 5.82 Å². The number of benzene rings is 2. The second kappa shape index (κ2) is 8.25. The highest BCUT2D eigenvalue weighted by molar-refractivity contribution is 5.55. The first-order valence-corrected chi connectivity index (χ1v) is 8.48. The number of halogens is 7. The van der Waals surface area contributed by atoms with Crippen LogP contribution in [-0.2, 0) is 12.7 Å². The lowest BCUT2D eigenvalue weighted by molar-refractivity contribution is -0.137. The molecule has 3 aromatic rings. The van der Waals surface area contributed by atoms with Crippen molar-refractivity contribution in [1.29, 1.82) is 5.26 Å². The second-order valence-corrected chi connectivity index (χ2v) is 6.33. The molecule has 3 rings (SSSR count). The third-order valence-corrected chi connectivity index (χ3v) is 4.06. The van der Waals surface area contributed by atoms with Gasteiger partial charge in [-0.05, 0) is 42.5 Å². The maximum Gasteiger partial charge on any atom is 0.417 e. The van der Waals surface area contributed by atoms with Crippen LogP contribution in [0, 0.1) is 17.1 Å². The Kier molecular flexibility index (Phi) is 5.88. The van der Waals surface area contributed by atoms with Crippen molar-refractivity contribution in [2.45, 2.75) is 18.9 Å². The predicted octanol–water partition coefficient (Wildman–Crippen LogP) is 5.34. The Hall–Kier alpha value is -3.62. The lowest BCUT2D eigenvalue weighted by atomic mass is 10.1. The van der Waals surface area contributed by atoms with Crippen molar-refractivity contribution < 1.29 is 35.3 Å². The smallest absolute Gasteiger partial charge is 0.355 e. The van der Waals surface area contributed by atoms with Crippen LogP contribution < -0.4 is 4.90 Å². The van der Waals surface area contributed by atoms with Crippen molar-refractivity contribution in [3.8, 4) is 17.5 Å². The van der Waals surface area contributed by atoms with Crippen molar-refractivity contribution in [3.63, 3.8) is 0 Å². The molecule has 0 radical (unpaired) electrons. The van der Waals surface area contributed by atoms with Crippen molar-refractivity contribution in [3.05, 3.63) is 65.2 Å². The van der Waals surface area contributed by atoms with Crippen molar-refractivity contribution in [2.75, 3.05) is 11.4 Å². The standard InChI is InChI=1S/C19H11F7N4O/c20-13-4-1-11(2-5-13)17-28-16(29-31-17)9-30(10-18(21,22)23)14-6-3-12(8-27)15(7-14)19(24,25)26/h1-7H,9-10H2. The maximum absolute atomic E-state index is 13.2. The molecule has 0 atom stereocenters. The Balaban J connectivity index is 1.94. The molecule has 12 heteroatoms. The summed E-state index contributed by atoms with van der Waals surface area (Å²) in [4.78, 5) is 4.51. The van der Waals surface area contributed by atoms with E-state index >= 15 is 0 Å². The first-order valence-electron chi connectivity index (χ1n) is 8.48. The van der Waals surface area contributed by atoms with E-state index in [0.717, 1.165) is 24.3 Å². The fraction of sp³-hybridized carbons (Fsp3) is 0.211. The van der Waals surface area contributed by atoms with Crippen molar-refractivity contribution in [2.24, 2.45) is 0 Å². The van der Waals surface area contributed by atoms with E-state index in [1.807, 2.05) is 0 Å². The molecule has 31 heavy (non-hydrogen) atoms. The van der Waals surface area contributed by atoms with E-state index < -0.39 is 48.1 Å². The Morgan fingerprint density at radius 2 is 1.68 bits per heavy atom. The number of nitrogens with zero attached hydrogens (tertiary/aromatic N) is 4. The van der Waals surface area contributed by atoms with Crippen LogP contribution in [0.25, 0.3) is 11.5 Å². The predicted molar refractivity (Wildman–Crippen MR) is 93.0 cm³/mol. The van der Waals surface area contributed by atoms with Crippen LogP contribution in [0.3, 0.4) is 0 Å². The third kappa shape index (κ3) is 5.50. The summed E-state index contributed by atoms with van der Waals surface area (Å²) < 4.78 is 96.8. The van der Waals surface area contributed by atoms with Gasteiger partial charge in [0.05, 0.1) is 23.7 Å². The van der Waals surface area contributed by atoms with Gasteiger partial charge in [-0.2, -0.15) is 36.6 Å². The van der Waals surface area contributed by atoms with Gasteiger partial charge >= 0.3 is 12.4 Å². The molecule has 0 bridgehead atoms. The Morgan fingerprint density at radius 1 is 1.00 bits per heavy atom. The summed E-state index contributed by atoms with van der Waals surface area (Å²) in [5.74, 6) is -0.861. The zero-order chi connectivity index (χ0) is 22.8. The number of nitriles is 1. The van der Waals surface area contributed by atoms with Gasteiger partial charge in [0, 0.05) is 11.3 Å². The van der Waals surface area contributed by atoms with E-state index in [2.05, 4.69) is 10.1 Å². The van der Waals surface area contributed by atoms with E-state index in [9.17, 15) is 30.7 Å². The van der Waals surface area contributed by atoms with E-state index in [1.54, 1.807) is 0 Å². The molecular weight excluding hydrogens is 433 g/mol. The van der Waals surface area contributed by atoms with Gasteiger partial charge in [0.2, 0.25) is 0 Å². The van der Waals surface area contributed by atoms with Crippen molar-refractivity contribution >= 4 is 5.69 Å². The van der Waals surface area contributed by atoms with Gasteiger partial charge in [-0.15, -0.1) is 0 Å². The lowest BCUT2D eigenvalue weighted by Crippen LogP contribution is -2.34. The molecule has 0 aliphatic heterocycles. The minimum atomic E-state index is -4.94. The summed E-state index contributed by atoms with van der Waals surface area (Å²) >= 11 is 0. The number of alkyl halides is 6. The Morgan fingerprint density at radius 3 is 2.26 bits per heavy atom. The van der Waals surface area contributed by atoms with E-state index in [1.165, 1.54) is 18.2 Å². The first kappa shape index (κ1) is 22.1. The Bertz CT molecular complexity index is 1100. The molecule has 1 heterocycles. The minimum Gasteiger partial charge on any atom is -0.355 e. The second-order valence-electron chi connectivity index (χ2n) is 6.33. The number of anilines is 1. The number of rotatable bonds is 5. The number of aromatic nitrogens is 2. The molecular formula is C19H11F7N4O. The van der Waals surface area contributed by atoms with Crippen LogP contribution in [-0.4, -0.2) is 22.9 Å². The molecule has 0 aliphatic carbocycles. The molecule has 0 N–H and O–H groups in total. The molecule has 5 nitrogen and oxygen atoms in total. The molecule has 0 fully saturated rings. The van der Waals surface area contributed by atoms with Crippen molar-refractivity contribution in [1.82, 2.24) is 10.1 Å². The van der Waals surface area contributed by atoms with Crippen LogP contribution in [0.2, 0.25) is 0 Å². The summed E-state index contributed by atoms with van der Waals surface area (Å²) in [5.41, 5.74) is -2.21. The topological polar surface area (TPSA) is 66.0 Å². The summed E-state index contributed by atoms with van der Waals surface area (Å²) in [5, 5.41) is 12.4. The monoisotopic (exact) mass is 444 g/mol. The quantitative estimate of drug-likeness (QED) is 0.498. The minimum absolute atomic E-state index is 0.0993. The first-order chi connectivity index (χ1) is 14.5. The molecule has 2 aromatic carbocycles. The number of hydrogen-bond acceptors (Lipinski definition) is 5. The molecule has 0 unspecified atom stereocenters. The van der Waals surface area contributed by atoms with Crippen LogP contribution in [0.15, 0.2) is 47.0 Å². The normalized spacial score (nSPS) is 11.9. The summed E-state index contributed by atoms with van der Waals surface area (Å²) in [7, 11) is 0.